The lowest BCUT2D eigenvalue weighted by Crippen LogP contribution is -2.33. The number of amides is 1. The highest BCUT2D eigenvalue weighted by atomic mass is 32.1. The Hall–Kier alpha value is -1.83. The molecule has 0 fully saturated rings. The second kappa shape index (κ2) is 5.67. The van der Waals surface area contributed by atoms with Crippen molar-refractivity contribution in [2.45, 2.75) is 6.18 Å². The number of carboxylic acids is 1. The number of alkyl halides is 3. The molecule has 0 saturated heterocycles. The summed E-state index contributed by atoms with van der Waals surface area (Å²) in [6.07, 6.45) is -2.32. The Morgan fingerprint density at radius 3 is 2.67 bits per heavy atom. The van der Waals surface area contributed by atoms with Crippen molar-refractivity contribution in [1.29, 1.82) is 0 Å². The van der Waals surface area contributed by atoms with Crippen LogP contribution in [0.5, 0.6) is 0 Å². The molecule has 18 heavy (non-hydrogen) atoms. The number of hydrogen-bond acceptors (Lipinski definition) is 3. The summed E-state index contributed by atoms with van der Waals surface area (Å²) < 4.78 is 35.6. The number of hydrogen-bond donors (Lipinski definition) is 2. The first-order valence-corrected chi connectivity index (χ1v) is 5.50. The van der Waals surface area contributed by atoms with E-state index in [9.17, 15) is 22.8 Å². The minimum atomic E-state index is -4.46. The lowest BCUT2D eigenvalue weighted by Gasteiger charge is -2.06. The van der Waals surface area contributed by atoms with Crippen molar-refractivity contribution >= 4 is 29.3 Å². The number of nitrogens with one attached hydrogen (secondary N) is 1. The van der Waals surface area contributed by atoms with Crippen LogP contribution in [0, 0.1) is 0 Å². The molecule has 1 heterocycles. The fraction of sp³-hybridized carbons (Fsp3) is 0.200. The van der Waals surface area contributed by atoms with E-state index >= 15 is 0 Å². The molecule has 2 N–H and O–H groups in total. The smallest absolute Gasteiger partial charge is 0.405 e. The molecule has 0 spiro atoms. The molecule has 0 aliphatic rings. The minimum Gasteiger partial charge on any atom is -0.478 e. The molecule has 0 aliphatic carbocycles. The molecule has 1 aromatic rings. The van der Waals surface area contributed by atoms with Crippen molar-refractivity contribution in [3.63, 3.8) is 0 Å². The summed E-state index contributed by atoms with van der Waals surface area (Å²) >= 11 is 1.06. The fourth-order valence-electron chi connectivity index (χ4n) is 0.995. The predicted octanol–water partition coefficient (Wildman–Crippen LogP) is 2.14. The van der Waals surface area contributed by atoms with Crippen LogP contribution in [0.2, 0.25) is 0 Å². The summed E-state index contributed by atoms with van der Waals surface area (Å²) in [5.41, 5.74) is 0.0642. The van der Waals surface area contributed by atoms with Gasteiger partial charge in [-0.2, -0.15) is 13.2 Å². The first-order valence-electron chi connectivity index (χ1n) is 4.62. The van der Waals surface area contributed by atoms with Gasteiger partial charge in [0.15, 0.2) is 0 Å². The van der Waals surface area contributed by atoms with Gasteiger partial charge in [-0.3, -0.25) is 4.79 Å². The molecule has 1 amide bonds. The van der Waals surface area contributed by atoms with Gasteiger partial charge < -0.3 is 10.4 Å². The minimum absolute atomic E-state index is 0.0642. The third kappa shape index (κ3) is 5.00. The molecule has 0 aromatic carbocycles. The van der Waals surface area contributed by atoms with Gasteiger partial charge in [-0.05, 0) is 12.1 Å². The van der Waals surface area contributed by atoms with Crippen LogP contribution >= 0.6 is 11.3 Å². The van der Waals surface area contributed by atoms with Crippen LogP contribution < -0.4 is 5.32 Å². The Morgan fingerprint density at radius 1 is 1.44 bits per heavy atom. The lowest BCUT2D eigenvalue weighted by molar-refractivity contribution is -0.131. The zero-order chi connectivity index (χ0) is 13.8. The summed E-state index contributed by atoms with van der Waals surface area (Å²) in [5.74, 6) is -2.00. The number of aliphatic carboxylic acids is 1. The van der Waals surface area contributed by atoms with E-state index < -0.39 is 24.6 Å². The van der Waals surface area contributed by atoms with E-state index in [0.29, 0.717) is 4.88 Å². The van der Waals surface area contributed by atoms with Crippen LogP contribution in [0.25, 0.3) is 6.08 Å². The van der Waals surface area contributed by atoms with Crippen LogP contribution in [-0.2, 0) is 4.79 Å². The maximum absolute atomic E-state index is 11.9. The molecule has 0 radical (unpaired) electrons. The monoisotopic (exact) mass is 279 g/mol. The van der Waals surface area contributed by atoms with Crippen molar-refractivity contribution in [1.82, 2.24) is 5.32 Å². The van der Waals surface area contributed by atoms with Gasteiger partial charge in [0.05, 0.1) is 5.56 Å². The van der Waals surface area contributed by atoms with E-state index in [4.69, 9.17) is 5.11 Å². The topological polar surface area (TPSA) is 66.4 Å². The first kappa shape index (κ1) is 14.2. The van der Waals surface area contributed by atoms with Crippen LogP contribution in [0.15, 0.2) is 17.5 Å². The third-order valence-corrected chi connectivity index (χ3v) is 2.62. The Labute approximate surface area is 104 Å². The molecule has 1 rings (SSSR count). The molecular weight excluding hydrogens is 271 g/mol. The molecule has 98 valence electrons. The largest absolute Gasteiger partial charge is 0.478 e. The standard InChI is InChI=1S/C10H8F3NO3S/c11-10(12,13)5-14-9(17)6-3-7(18-4-6)1-2-8(15)16/h1-4H,5H2,(H,14,17)(H,15,16). The highest BCUT2D eigenvalue weighted by molar-refractivity contribution is 7.11. The third-order valence-electron chi connectivity index (χ3n) is 1.72. The predicted molar refractivity (Wildman–Crippen MR) is 59.4 cm³/mol. The molecule has 4 nitrogen and oxygen atoms in total. The Morgan fingerprint density at radius 2 is 2.11 bits per heavy atom. The Balaban J connectivity index is 2.62. The van der Waals surface area contributed by atoms with Crippen molar-refractivity contribution in [2.24, 2.45) is 0 Å². The summed E-state index contributed by atoms with van der Waals surface area (Å²) in [4.78, 5) is 22.0. The van der Waals surface area contributed by atoms with Gasteiger partial charge >= 0.3 is 12.1 Å². The number of rotatable bonds is 4. The van der Waals surface area contributed by atoms with Crippen LogP contribution in [0.3, 0.4) is 0 Å². The summed E-state index contributed by atoms with van der Waals surface area (Å²) in [7, 11) is 0. The molecule has 1 aromatic heterocycles. The van der Waals surface area contributed by atoms with Gasteiger partial charge in [-0.15, -0.1) is 11.3 Å². The molecule has 0 unspecified atom stereocenters. The second-order valence-electron chi connectivity index (χ2n) is 3.21. The van der Waals surface area contributed by atoms with Crippen LogP contribution in [0.4, 0.5) is 13.2 Å². The SMILES string of the molecule is O=C(O)C=Cc1cc(C(=O)NCC(F)(F)F)cs1. The molecular formula is C10H8F3NO3S. The van der Waals surface area contributed by atoms with E-state index in [-0.39, 0.29) is 5.56 Å². The maximum atomic E-state index is 11.9. The number of carbonyl (C=O) groups is 2. The number of carboxylic acid groups (broad SMARTS) is 1. The van der Waals surface area contributed by atoms with Gasteiger partial charge in [0.2, 0.25) is 0 Å². The van der Waals surface area contributed by atoms with E-state index in [1.165, 1.54) is 17.5 Å². The van der Waals surface area contributed by atoms with Gasteiger partial charge in [0.25, 0.3) is 5.91 Å². The van der Waals surface area contributed by atoms with Crippen LogP contribution in [0.1, 0.15) is 15.2 Å². The average Bonchev–Trinajstić information content (AvgIpc) is 2.70. The van der Waals surface area contributed by atoms with Crippen LogP contribution in [-0.4, -0.2) is 29.7 Å². The van der Waals surface area contributed by atoms with Gasteiger partial charge in [0.1, 0.15) is 6.54 Å². The fourth-order valence-corrected chi connectivity index (χ4v) is 1.78. The second-order valence-corrected chi connectivity index (χ2v) is 4.15. The molecule has 0 aliphatic heterocycles. The van der Waals surface area contributed by atoms with Gasteiger partial charge in [-0.1, -0.05) is 0 Å². The van der Waals surface area contributed by atoms with Gasteiger partial charge in [0, 0.05) is 16.3 Å². The number of halogens is 3. The van der Waals surface area contributed by atoms with E-state index in [2.05, 4.69) is 0 Å². The summed E-state index contributed by atoms with van der Waals surface area (Å²) in [5, 5.41) is 11.5. The van der Waals surface area contributed by atoms with E-state index in [1.807, 2.05) is 0 Å². The van der Waals surface area contributed by atoms with E-state index in [1.54, 1.807) is 5.32 Å². The molecule has 0 bridgehead atoms. The molecule has 8 heteroatoms. The summed E-state index contributed by atoms with van der Waals surface area (Å²) in [6, 6.07) is 1.32. The van der Waals surface area contributed by atoms with Crippen molar-refractivity contribution in [3.8, 4) is 0 Å². The molecule has 0 atom stereocenters. The van der Waals surface area contributed by atoms with Crippen molar-refractivity contribution < 1.29 is 27.9 Å². The van der Waals surface area contributed by atoms with Crippen molar-refractivity contribution in [2.75, 3.05) is 6.54 Å². The van der Waals surface area contributed by atoms with Crippen molar-refractivity contribution in [3.05, 3.63) is 28.0 Å². The number of carbonyl (C=O) groups excluding carboxylic acids is 1. The van der Waals surface area contributed by atoms with Gasteiger partial charge in [-0.25, -0.2) is 4.79 Å². The zero-order valence-electron chi connectivity index (χ0n) is 8.82. The molecule has 0 saturated carbocycles. The quantitative estimate of drug-likeness (QED) is 0.830. The van der Waals surface area contributed by atoms with E-state index in [0.717, 1.165) is 17.4 Å². The highest BCUT2D eigenvalue weighted by Crippen LogP contribution is 2.17. The highest BCUT2D eigenvalue weighted by Gasteiger charge is 2.27. The number of thiophene rings is 1. The Kier molecular flexibility index (Phi) is 4.49. The summed E-state index contributed by atoms with van der Waals surface area (Å²) in [6.45, 7) is -1.40. The lowest BCUT2D eigenvalue weighted by atomic mass is 10.3. The maximum Gasteiger partial charge on any atom is 0.405 e. The normalized spacial score (nSPS) is 11.7. The zero-order valence-corrected chi connectivity index (χ0v) is 9.64. The first-order chi connectivity index (χ1) is 8.28. The average molecular weight is 279 g/mol. The Bertz CT molecular complexity index is 479.